The average Bonchev–Trinajstić information content (AvgIpc) is 3.10. The molecular formula is C14H17F2NO2. The summed E-state index contributed by atoms with van der Waals surface area (Å²) in [6, 6.07) is 3.10. The molecule has 0 aliphatic heterocycles. The quantitative estimate of drug-likeness (QED) is 0.501. The number of nitrogens with zero attached hydrogens (tertiary/aromatic N) is 1. The van der Waals surface area contributed by atoms with Gasteiger partial charge in [0, 0.05) is 17.0 Å². The molecule has 1 aliphatic carbocycles. The molecule has 1 atom stereocenters. The second kappa shape index (κ2) is 4.89. The van der Waals surface area contributed by atoms with E-state index in [0.717, 1.165) is 12.1 Å². The smallest absolute Gasteiger partial charge is 0.131 e. The predicted octanol–water partition coefficient (Wildman–Crippen LogP) is 3.26. The molecule has 0 saturated heterocycles. The number of benzene rings is 1. The van der Waals surface area contributed by atoms with Crippen molar-refractivity contribution in [2.24, 2.45) is 16.5 Å². The Bertz CT molecular complexity index is 510. The highest BCUT2D eigenvalue weighted by molar-refractivity contribution is 5.94. The van der Waals surface area contributed by atoms with E-state index >= 15 is 0 Å². The van der Waals surface area contributed by atoms with Gasteiger partial charge in [-0.05, 0) is 24.8 Å². The van der Waals surface area contributed by atoms with Crippen LogP contribution in [-0.2, 0) is 0 Å². The lowest BCUT2D eigenvalue weighted by atomic mass is 9.83. The van der Waals surface area contributed by atoms with E-state index in [-0.39, 0.29) is 11.5 Å². The normalized spacial score (nSPS) is 19.6. The lowest BCUT2D eigenvalue weighted by Crippen LogP contribution is -2.28. The molecule has 0 amide bonds. The second-order valence-corrected chi connectivity index (χ2v) is 5.36. The average molecular weight is 269 g/mol. The van der Waals surface area contributed by atoms with E-state index in [9.17, 15) is 13.9 Å². The summed E-state index contributed by atoms with van der Waals surface area (Å²) in [7, 11) is 0. The Labute approximate surface area is 110 Å². The van der Waals surface area contributed by atoms with Crippen LogP contribution in [0.2, 0.25) is 0 Å². The summed E-state index contributed by atoms with van der Waals surface area (Å²) >= 11 is 0. The van der Waals surface area contributed by atoms with Gasteiger partial charge in [-0.2, -0.15) is 0 Å². The van der Waals surface area contributed by atoms with Crippen LogP contribution in [0.15, 0.2) is 23.4 Å². The van der Waals surface area contributed by atoms with E-state index in [2.05, 4.69) is 5.16 Å². The number of oxime groups is 1. The Morgan fingerprint density at radius 2 is 1.95 bits per heavy atom. The fourth-order valence-electron chi connectivity index (χ4n) is 2.62. The van der Waals surface area contributed by atoms with Crippen molar-refractivity contribution in [2.45, 2.75) is 32.8 Å². The van der Waals surface area contributed by atoms with Crippen molar-refractivity contribution < 1.29 is 19.1 Å². The van der Waals surface area contributed by atoms with Gasteiger partial charge in [0.25, 0.3) is 0 Å². The first kappa shape index (κ1) is 13.9. The van der Waals surface area contributed by atoms with Crippen LogP contribution in [0.1, 0.15) is 38.4 Å². The third-order valence-electron chi connectivity index (χ3n) is 3.73. The van der Waals surface area contributed by atoms with Crippen LogP contribution in [0.5, 0.6) is 0 Å². The van der Waals surface area contributed by atoms with Crippen LogP contribution in [0.4, 0.5) is 8.78 Å². The summed E-state index contributed by atoms with van der Waals surface area (Å²) in [4.78, 5) is 0. The molecule has 0 spiro atoms. The fourth-order valence-corrected chi connectivity index (χ4v) is 2.62. The summed E-state index contributed by atoms with van der Waals surface area (Å²) in [5.74, 6) is -1.51. The van der Waals surface area contributed by atoms with Crippen LogP contribution in [0.25, 0.3) is 0 Å². The maximum Gasteiger partial charge on any atom is 0.131 e. The van der Waals surface area contributed by atoms with Gasteiger partial charge < -0.3 is 10.3 Å². The van der Waals surface area contributed by atoms with Crippen molar-refractivity contribution in [3.05, 3.63) is 35.4 Å². The minimum Gasteiger partial charge on any atom is -0.411 e. The van der Waals surface area contributed by atoms with Crippen molar-refractivity contribution in [1.29, 1.82) is 0 Å². The number of rotatable bonds is 4. The van der Waals surface area contributed by atoms with Gasteiger partial charge in [0.05, 0.1) is 11.8 Å². The molecule has 5 heteroatoms. The molecule has 0 aromatic heterocycles. The Morgan fingerprint density at radius 3 is 2.37 bits per heavy atom. The first-order chi connectivity index (χ1) is 8.92. The van der Waals surface area contributed by atoms with Gasteiger partial charge in [0.2, 0.25) is 0 Å². The van der Waals surface area contributed by atoms with Crippen molar-refractivity contribution in [3.8, 4) is 0 Å². The van der Waals surface area contributed by atoms with Crippen molar-refractivity contribution >= 4 is 5.71 Å². The molecule has 3 nitrogen and oxygen atoms in total. The van der Waals surface area contributed by atoms with Crippen LogP contribution in [0, 0.1) is 23.0 Å². The predicted molar refractivity (Wildman–Crippen MR) is 67.0 cm³/mol. The summed E-state index contributed by atoms with van der Waals surface area (Å²) in [6.45, 7) is 3.70. The van der Waals surface area contributed by atoms with E-state index in [1.807, 2.05) is 13.8 Å². The fraction of sp³-hybridized carbons (Fsp3) is 0.500. The zero-order valence-electron chi connectivity index (χ0n) is 10.9. The van der Waals surface area contributed by atoms with Crippen molar-refractivity contribution in [2.75, 3.05) is 0 Å². The topological polar surface area (TPSA) is 52.8 Å². The number of hydrogen-bond acceptors (Lipinski definition) is 3. The zero-order chi connectivity index (χ0) is 14.2. The van der Waals surface area contributed by atoms with Crippen LogP contribution in [0.3, 0.4) is 0 Å². The van der Waals surface area contributed by atoms with E-state index in [0.29, 0.717) is 18.6 Å². The number of halogens is 2. The zero-order valence-corrected chi connectivity index (χ0v) is 10.9. The summed E-state index contributed by atoms with van der Waals surface area (Å²) in [5.41, 5.74) is -0.217. The maximum absolute atomic E-state index is 13.7. The Balaban J connectivity index is 2.36. The highest BCUT2D eigenvalue weighted by Gasteiger charge is 2.55. The Kier molecular flexibility index (Phi) is 3.58. The molecule has 0 bridgehead atoms. The molecule has 2 rings (SSSR count). The molecule has 19 heavy (non-hydrogen) atoms. The van der Waals surface area contributed by atoms with Gasteiger partial charge in [-0.15, -0.1) is 0 Å². The standard InChI is InChI=1S/C14H17F2NO2/c1-8(2)12(17-19)14(5-6-14)13(18)10-4-3-9(15)7-11(10)16/h3-4,7-8,13,18-19H,5-6H2,1-2H3/b17-12-. The molecular weight excluding hydrogens is 252 g/mol. The summed E-state index contributed by atoms with van der Waals surface area (Å²) < 4.78 is 26.6. The molecule has 1 fully saturated rings. The van der Waals surface area contributed by atoms with Gasteiger partial charge in [-0.1, -0.05) is 25.1 Å². The van der Waals surface area contributed by atoms with Gasteiger partial charge in [-0.25, -0.2) is 8.78 Å². The minimum atomic E-state index is -1.12. The highest BCUT2D eigenvalue weighted by Crippen LogP contribution is 2.57. The molecule has 0 heterocycles. The Morgan fingerprint density at radius 1 is 1.32 bits per heavy atom. The summed E-state index contributed by atoms with van der Waals surface area (Å²) in [6.07, 6.45) is 0.131. The molecule has 0 radical (unpaired) electrons. The van der Waals surface area contributed by atoms with E-state index < -0.39 is 23.2 Å². The van der Waals surface area contributed by atoms with Crippen LogP contribution < -0.4 is 0 Å². The number of aliphatic hydroxyl groups excluding tert-OH is 1. The monoisotopic (exact) mass is 269 g/mol. The first-order valence-corrected chi connectivity index (χ1v) is 6.28. The molecule has 1 aliphatic rings. The third-order valence-corrected chi connectivity index (χ3v) is 3.73. The van der Waals surface area contributed by atoms with E-state index in [1.165, 1.54) is 6.07 Å². The van der Waals surface area contributed by atoms with Gasteiger partial charge in [0.15, 0.2) is 0 Å². The van der Waals surface area contributed by atoms with Crippen molar-refractivity contribution in [3.63, 3.8) is 0 Å². The lowest BCUT2D eigenvalue weighted by Gasteiger charge is -2.26. The largest absolute Gasteiger partial charge is 0.411 e. The number of hydrogen-bond donors (Lipinski definition) is 2. The summed E-state index contributed by atoms with van der Waals surface area (Å²) in [5, 5.41) is 22.8. The molecule has 1 aromatic rings. The highest BCUT2D eigenvalue weighted by atomic mass is 19.1. The van der Waals surface area contributed by atoms with Gasteiger partial charge in [-0.3, -0.25) is 0 Å². The molecule has 2 N–H and O–H groups in total. The third kappa shape index (κ3) is 2.34. The molecule has 1 aromatic carbocycles. The van der Waals surface area contributed by atoms with Crippen molar-refractivity contribution in [1.82, 2.24) is 0 Å². The number of aliphatic hydroxyl groups is 1. The molecule has 104 valence electrons. The Hall–Kier alpha value is -1.49. The van der Waals surface area contributed by atoms with E-state index in [4.69, 9.17) is 5.21 Å². The second-order valence-electron chi connectivity index (χ2n) is 5.36. The maximum atomic E-state index is 13.7. The van der Waals surface area contributed by atoms with E-state index in [1.54, 1.807) is 0 Å². The van der Waals surface area contributed by atoms with Crippen LogP contribution in [-0.4, -0.2) is 16.0 Å². The lowest BCUT2D eigenvalue weighted by molar-refractivity contribution is 0.119. The molecule has 1 saturated carbocycles. The first-order valence-electron chi connectivity index (χ1n) is 6.28. The molecule has 1 unspecified atom stereocenters. The van der Waals surface area contributed by atoms with Crippen LogP contribution >= 0.6 is 0 Å². The van der Waals surface area contributed by atoms with Gasteiger partial charge >= 0.3 is 0 Å². The minimum absolute atomic E-state index is 0.0423. The SMILES string of the molecule is CC(C)/C(=N/O)C1(C(O)c2ccc(F)cc2F)CC1. The van der Waals surface area contributed by atoms with Gasteiger partial charge in [0.1, 0.15) is 11.6 Å².